The van der Waals surface area contributed by atoms with Crippen LogP contribution in [0.2, 0.25) is 0 Å². The van der Waals surface area contributed by atoms with Gasteiger partial charge in [-0.1, -0.05) is 0 Å². The largest absolute Gasteiger partial charge is 0.457 e. The summed E-state index contributed by atoms with van der Waals surface area (Å²) in [6.45, 7) is 5.47. The van der Waals surface area contributed by atoms with E-state index in [-0.39, 0.29) is 18.0 Å². The zero-order valence-electron chi connectivity index (χ0n) is 23.3. The molecule has 1 saturated carbocycles. The smallest absolute Gasteiger partial charge is 0.407 e. The molecular weight excluding hydrogens is 520 g/mol. The first-order chi connectivity index (χ1) is 19.6. The van der Waals surface area contributed by atoms with Crippen molar-refractivity contribution in [3.05, 3.63) is 83.4 Å². The summed E-state index contributed by atoms with van der Waals surface area (Å²) in [5.41, 5.74) is 0.808. The molecule has 1 fully saturated rings. The Morgan fingerprint density at radius 1 is 0.707 bits per heavy atom. The Bertz CT molecular complexity index is 1380. The van der Waals surface area contributed by atoms with Crippen molar-refractivity contribution in [1.82, 2.24) is 10.6 Å². The van der Waals surface area contributed by atoms with Gasteiger partial charge >= 0.3 is 6.09 Å². The van der Waals surface area contributed by atoms with Crippen molar-refractivity contribution in [2.75, 3.05) is 0 Å². The molecule has 2 N–H and O–H groups in total. The summed E-state index contributed by atoms with van der Waals surface area (Å²) in [6.07, 6.45) is 2.43. The number of nitrogens with one attached hydrogen (secondary N) is 2. The van der Waals surface area contributed by atoms with E-state index in [1.807, 2.05) is 20.8 Å². The van der Waals surface area contributed by atoms with Crippen molar-refractivity contribution >= 4 is 12.0 Å². The number of hydrogen-bond acceptors (Lipinski definition) is 7. The molecule has 41 heavy (non-hydrogen) atoms. The van der Waals surface area contributed by atoms with Crippen molar-refractivity contribution in [3.8, 4) is 35.1 Å². The van der Waals surface area contributed by atoms with Crippen LogP contribution < -0.4 is 20.1 Å². The van der Waals surface area contributed by atoms with Gasteiger partial charge < -0.3 is 24.8 Å². The number of rotatable bonds is 7. The Labute approximate surface area is 239 Å². The molecule has 0 spiro atoms. The molecule has 0 unspecified atom stereocenters. The fraction of sp³-hybridized carbons (Fsp3) is 0.312. The Kier molecular flexibility index (Phi) is 9.11. The fourth-order valence-corrected chi connectivity index (χ4v) is 4.41. The summed E-state index contributed by atoms with van der Waals surface area (Å²) in [5, 5.41) is 24.1. The first-order valence-corrected chi connectivity index (χ1v) is 13.4. The Hall–Kier alpha value is -5.02. The molecule has 1 aliphatic carbocycles. The van der Waals surface area contributed by atoms with E-state index in [2.05, 4.69) is 22.8 Å². The van der Waals surface area contributed by atoms with E-state index in [0.29, 0.717) is 52.5 Å². The van der Waals surface area contributed by atoms with Gasteiger partial charge in [0.2, 0.25) is 0 Å². The van der Waals surface area contributed by atoms with Crippen LogP contribution in [0.25, 0.3) is 0 Å². The van der Waals surface area contributed by atoms with E-state index >= 15 is 0 Å². The van der Waals surface area contributed by atoms with Crippen LogP contribution >= 0.6 is 0 Å². The van der Waals surface area contributed by atoms with Crippen LogP contribution in [0.5, 0.6) is 23.0 Å². The van der Waals surface area contributed by atoms with Gasteiger partial charge in [-0.2, -0.15) is 10.5 Å². The van der Waals surface area contributed by atoms with Crippen molar-refractivity contribution in [2.24, 2.45) is 0 Å². The molecule has 4 rings (SSSR count). The number of hydrogen-bond donors (Lipinski definition) is 2. The molecule has 2 amide bonds. The minimum Gasteiger partial charge on any atom is -0.457 e. The Morgan fingerprint density at radius 3 is 1.56 bits per heavy atom. The lowest BCUT2D eigenvalue weighted by atomic mass is 9.91. The number of amides is 2. The lowest BCUT2D eigenvalue weighted by Gasteiger charge is -2.30. The van der Waals surface area contributed by atoms with Gasteiger partial charge in [0.05, 0.1) is 23.3 Å². The van der Waals surface area contributed by atoms with Crippen LogP contribution in [0.3, 0.4) is 0 Å². The minimum absolute atomic E-state index is 0.00502. The number of carbonyl (C=O) groups excluding carboxylic acids is 2. The van der Waals surface area contributed by atoms with Gasteiger partial charge in [-0.25, -0.2) is 4.79 Å². The number of nitrogens with zero attached hydrogens (tertiary/aromatic N) is 2. The lowest BCUT2D eigenvalue weighted by molar-refractivity contribution is 0.0488. The highest BCUT2D eigenvalue weighted by Crippen LogP contribution is 2.31. The molecule has 0 heterocycles. The van der Waals surface area contributed by atoms with E-state index in [0.717, 1.165) is 12.8 Å². The maximum Gasteiger partial charge on any atom is 0.407 e. The molecule has 3 aromatic carbocycles. The van der Waals surface area contributed by atoms with E-state index in [1.54, 1.807) is 66.7 Å². The van der Waals surface area contributed by atoms with Crippen LogP contribution in [-0.2, 0) is 4.74 Å². The zero-order valence-corrected chi connectivity index (χ0v) is 23.3. The van der Waals surface area contributed by atoms with Gasteiger partial charge in [0.1, 0.15) is 28.6 Å². The molecule has 0 saturated heterocycles. The predicted octanol–water partition coefficient (Wildman–Crippen LogP) is 6.58. The molecule has 9 nitrogen and oxygen atoms in total. The number of carbonyl (C=O) groups is 2. The van der Waals surface area contributed by atoms with Crippen molar-refractivity contribution in [2.45, 2.75) is 64.1 Å². The Morgan fingerprint density at radius 2 is 1.15 bits per heavy atom. The van der Waals surface area contributed by atoms with E-state index in [4.69, 9.17) is 24.7 Å². The second-order valence-corrected chi connectivity index (χ2v) is 10.8. The van der Waals surface area contributed by atoms with E-state index < -0.39 is 11.7 Å². The van der Waals surface area contributed by atoms with Crippen LogP contribution in [0.15, 0.2) is 66.7 Å². The second-order valence-electron chi connectivity index (χ2n) is 10.8. The van der Waals surface area contributed by atoms with Gasteiger partial charge in [0, 0.05) is 23.7 Å². The number of benzene rings is 3. The standard InChI is InChI=1S/C32H32N4O5/c1-32(2,3)41-31(38)36-25-10-8-24(9-11-25)35-30(37)23-16-28(39-26-12-4-21(19-33)5-13-26)18-29(17-23)40-27-14-6-22(20-34)7-15-27/h4-7,12-18,24-25H,8-11H2,1-3H3,(H,35,37)(H,36,38). The highest BCUT2D eigenvalue weighted by Gasteiger charge is 2.26. The summed E-state index contributed by atoms with van der Waals surface area (Å²) in [5.74, 6) is 1.50. The normalized spacial score (nSPS) is 16.4. The van der Waals surface area contributed by atoms with Crippen LogP contribution in [-0.4, -0.2) is 29.7 Å². The third-order valence-corrected chi connectivity index (χ3v) is 6.36. The monoisotopic (exact) mass is 552 g/mol. The molecule has 0 radical (unpaired) electrons. The molecule has 0 bridgehead atoms. The van der Waals surface area contributed by atoms with Crippen molar-refractivity contribution < 1.29 is 23.8 Å². The topological polar surface area (TPSA) is 133 Å². The van der Waals surface area contributed by atoms with Gasteiger partial charge in [0.15, 0.2) is 0 Å². The maximum atomic E-state index is 13.3. The predicted molar refractivity (Wildman–Crippen MR) is 152 cm³/mol. The van der Waals surface area contributed by atoms with Gasteiger partial charge in [0.25, 0.3) is 5.91 Å². The average Bonchev–Trinajstić information content (AvgIpc) is 2.94. The number of nitriles is 2. The summed E-state index contributed by atoms with van der Waals surface area (Å²) in [4.78, 5) is 25.4. The molecule has 9 heteroatoms. The number of alkyl carbamates (subject to hydrolysis) is 1. The fourth-order valence-electron chi connectivity index (χ4n) is 4.41. The third kappa shape index (κ3) is 8.74. The maximum absolute atomic E-state index is 13.3. The van der Waals surface area contributed by atoms with E-state index in [9.17, 15) is 9.59 Å². The first kappa shape index (κ1) is 29.0. The minimum atomic E-state index is -0.559. The summed E-state index contributed by atoms with van der Waals surface area (Å²) in [6, 6.07) is 22.3. The first-order valence-electron chi connectivity index (χ1n) is 13.4. The summed E-state index contributed by atoms with van der Waals surface area (Å²) < 4.78 is 17.3. The van der Waals surface area contributed by atoms with Crippen LogP contribution in [0, 0.1) is 22.7 Å². The SMILES string of the molecule is CC(C)(C)OC(=O)NC1CCC(NC(=O)c2cc(Oc3ccc(C#N)cc3)cc(Oc3ccc(C#N)cc3)c2)CC1. The summed E-state index contributed by atoms with van der Waals surface area (Å²) >= 11 is 0. The molecule has 0 aliphatic heterocycles. The van der Waals surface area contributed by atoms with E-state index in [1.165, 1.54) is 0 Å². The molecule has 210 valence electrons. The lowest BCUT2D eigenvalue weighted by Crippen LogP contribution is -2.45. The van der Waals surface area contributed by atoms with Crippen LogP contribution in [0.1, 0.15) is 67.9 Å². The highest BCUT2D eigenvalue weighted by atomic mass is 16.6. The molecule has 3 aromatic rings. The van der Waals surface area contributed by atoms with Crippen molar-refractivity contribution in [3.63, 3.8) is 0 Å². The summed E-state index contributed by atoms with van der Waals surface area (Å²) in [7, 11) is 0. The number of ether oxygens (including phenoxy) is 3. The quantitative estimate of drug-likeness (QED) is 0.338. The zero-order chi connectivity index (χ0) is 29.4. The van der Waals surface area contributed by atoms with Gasteiger partial charge in [-0.05, 0) is 107 Å². The second kappa shape index (κ2) is 12.9. The highest BCUT2D eigenvalue weighted by molar-refractivity contribution is 5.95. The third-order valence-electron chi connectivity index (χ3n) is 6.36. The van der Waals surface area contributed by atoms with Gasteiger partial charge in [-0.3, -0.25) is 4.79 Å². The van der Waals surface area contributed by atoms with Crippen molar-refractivity contribution in [1.29, 1.82) is 10.5 Å². The molecule has 1 aliphatic rings. The average molecular weight is 553 g/mol. The molecular formula is C32H32N4O5. The molecule has 0 aromatic heterocycles. The molecule has 0 atom stereocenters. The van der Waals surface area contributed by atoms with Crippen LogP contribution in [0.4, 0.5) is 4.79 Å². The Balaban J connectivity index is 1.45. The van der Waals surface area contributed by atoms with Gasteiger partial charge in [-0.15, -0.1) is 0 Å².